The highest BCUT2D eigenvalue weighted by molar-refractivity contribution is 5.86. The first kappa shape index (κ1) is 12.7. The fraction of sp³-hybridized carbons (Fsp3) is 0.333. The molecule has 3 rings (SSSR count). The standard InChI is InChI=1S/C15H15NO4/c17-14-8-12(15(18)19)9-16(14)5-3-10-1-2-13-11(7-10)4-6-20-13/h1-2,4,6-7,12H,3,5,8-9H2,(H,18,19). The van der Waals surface area contributed by atoms with Crippen molar-refractivity contribution in [2.24, 2.45) is 5.92 Å². The van der Waals surface area contributed by atoms with E-state index in [1.54, 1.807) is 11.2 Å². The van der Waals surface area contributed by atoms with Gasteiger partial charge in [-0.15, -0.1) is 0 Å². The minimum Gasteiger partial charge on any atom is -0.481 e. The molecule has 5 heteroatoms. The van der Waals surface area contributed by atoms with Crippen LogP contribution < -0.4 is 0 Å². The lowest BCUT2D eigenvalue weighted by atomic mass is 10.1. The van der Waals surface area contributed by atoms with Gasteiger partial charge in [0.1, 0.15) is 5.58 Å². The normalized spacial score (nSPS) is 18.9. The van der Waals surface area contributed by atoms with Crippen LogP contribution in [0.15, 0.2) is 34.9 Å². The smallest absolute Gasteiger partial charge is 0.308 e. The van der Waals surface area contributed by atoms with Crippen LogP contribution in [0.2, 0.25) is 0 Å². The molecule has 20 heavy (non-hydrogen) atoms. The van der Waals surface area contributed by atoms with Crippen LogP contribution in [0, 0.1) is 5.92 Å². The summed E-state index contributed by atoms with van der Waals surface area (Å²) in [6.07, 6.45) is 2.49. The molecule has 1 unspecified atom stereocenters. The summed E-state index contributed by atoms with van der Waals surface area (Å²) in [5.74, 6) is -1.51. The van der Waals surface area contributed by atoms with E-state index >= 15 is 0 Å². The van der Waals surface area contributed by atoms with Crippen molar-refractivity contribution < 1.29 is 19.1 Å². The Bertz CT molecular complexity index is 661. The number of benzene rings is 1. The quantitative estimate of drug-likeness (QED) is 0.923. The second-order valence-corrected chi connectivity index (χ2v) is 5.12. The molecule has 1 atom stereocenters. The topological polar surface area (TPSA) is 70.8 Å². The average molecular weight is 273 g/mol. The van der Waals surface area contributed by atoms with Crippen LogP contribution in [0.25, 0.3) is 11.0 Å². The molecule has 1 N–H and O–H groups in total. The summed E-state index contributed by atoms with van der Waals surface area (Å²) in [7, 11) is 0. The second-order valence-electron chi connectivity index (χ2n) is 5.12. The number of carboxylic acid groups (broad SMARTS) is 1. The first-order valence-electron chi connectivity index (χ1n) is 6.60. The predicted molar refractivity (Wildman–Crippen MR) is 72.2 cm³/mol. The van der Waals surface area contributed by atoms with Crippen LogP contribution in [0.3, 0.4) is 0 Å². The number of aliphatic carboxylic acids is 1. The van der Waals surface area contributed by atoms with Gasteiger partial charge in [0.2, 0.25) is 5.91 Å². The lowest BCUT2D eigenvalue weighted by molar-refractivity contribution is -0.141. The molecule has 1 amide bonds. The number of carbonyl (C=O) groups excluding carboxylic acids is 1. The summed E-state index contributed by atoms with van der Waals surface area (Å²) >= 11 is 0. The third-order valence-electron chi connectivity index (χ3n) is 3.75. The van der Waals surface area contributed by atoms with Crippen LogP contribution in [0.1, 0.15) is 12.0 Å². The van der Waals surface area contributed by atoms with Gasteiger partial charge in [-0.05, 0) is 30.2 Å². The highest BCUT2D eigenvalue weighted by atomic mass is 16.4. The largest absolute Gasteiger partial charge is 0.481 e. The van der Waals surface area contributed by atoms with Gasteiger partial charge in [-0.3, -0.25) is 9.59 Å². The van der Waals surface area contributed by atoms with Gasteiger partial charge < -0.3 is 14.4 Å². The van der Waals surface area contributed by atoms with Crippen LogP contribution >= 0.6 is 0 Å². The number of carboxylic acids is 1. The number of amides is 1. The molecular weight excluding hydrogens is 258 g/mol. The number of hydrogen-bond donors (Lipinski definition) is 1. The van der Waals surface area contributed by atoms with Crippen molar-refractivity contribution in [2.45, 2.75) is 12.8 Å². The van der Waals surface area contributed by atoms with E-state index in [4.69, 9.17) is 9.52 Å². The van der Waals surface area contributed by atoms with Gasteiger partial charge in [-0.25, -0.2) is 0 Å². The number of likely N-dealkylation sites (tertiary alicyclic amines) is 1. The molecule has 1 aliphatic rings. The molecule has 1 saturated heterocycles. The zero-order chi connectivity index (χ0) is 14.1. The molecular formula is C15H15NO4. The average Bonchev–Trinajstić information content (AvgIpc) is 3.02. The van der Waals surface area contributed by atoms with Crippen LogP contribution in [-0.4, -0.2) is 35.0 Å². The lowest BCUT2D eigenvalue weighted by Gasteiger charge is -2.15. The highest BCUT2D eigenvalue weighted by Crippen LogP contribution is 2.20. The maximum Gasteiger partial charge on any atom is 0.308 e. The highest BCUT2D eigenvalue weighted by Gasteiger charge is 2.33. The molecule has 0 saturated carbocycles. The van der Waals surface area contributed by atoms with Crippen LogP contribution in [0.4, 0.5) is 0 Å². The Labute approximate surface area is 115 Å². The van der Waals surface area contributed by atoms with Crippen molar-refractivity contribution in [3.05, 3.63) is 36.1 Å². The third kappa shape index (κ3) is 2.39. The molecule has 1 aliphatic heterocycles. The van der Waals surface area contributed by atoms with E-state index in [1.807, 2.05) is 24.3 Å². The summed E-state index contributed by atoms with van der Waals surface area (Å²) < 4.78 is 5.28. The van der Waals surface area contributed by atoms with Gasteiger partial charge in [0.05, 0.1) is 12.2 Å². The molecule has 1 fully saturated rings. The Balaban J connectivity index is 1.64. The third-order valence-corrected chi connectivity index (χ3v) is 3.75. The molecule has 104 valence electrons. The fourth-order valence-electron chi connectivity index (χ4n) is 2.59. The monoisotopic (exact) mass is 273 g/mol. The van der Waals surface area contributed by atoms with Crippen LogP contribution in [0.5, 0.6) is 0 Å². The molecule has 0 spiro atoms. The lowest BCUT2D eigenvalue weighted by Crippen LogP contribution is -2.28. The summed E-state index contributed by atoms with van der Waals surface area (Å²) in [5, 5.41) is 9.98. The Morgan fingerprint density at radius 2 is 2.25 bits per heavy atom. The molecule has 1 aromatic carbocycles. The summed E-state index contributed by atoms with van der Waals surface area (Å²) in [4.78, 5) is 24.3. The van der Waals surface area contributed by atoms with E-state index in [-0.39, 0.29) is 12.3 Å². The van der Waals surface area contributed by atoms with Gasteiger partial charge in [0.15, 0.2) is 0 Å². The molecule has 0 aliphatic carbocycles. The number of nitrogens with zero attached hydrogens (tertiary/aromatic N) is 1. The number of rotatable bonds is 4. The Morgan fingerprint density at radius 3 is 3.00 bits per heavy atom. The number of carbonyl (C=O) groups is 2. The predicted octanol–water partition coefficient (Wildman–Crippen LogP) is 1.91. The second kappa shape index (κ2) is 5.00. The van der Waals surface area contributed by atoms with Crippen molar-refractivity contribution in [1.29, 1.82) is 0 Å². The molecule has 1 aromatic heterocycles. The Hall–Kier alpha value is -2.30. The van der Waals surface area contributed by atoms with Crippen molar-refractivity contribution in [1.82, 2.24) is 4.90 Å². The summed E-state index contributed by atoms with van der Waals surface area (Å²) in [6, 6.07) is 7.83. The van der Waals surface area contributed by atoms with Gasteiger partial charge in [0.25, 0.3) is 0 Å². The molecule has 5 nitrogen and oxygen atoms in total. The molecule has 0 radical (unpaired) electrons. The van der Waals surface area contributed by atoms with E-state index in [0.717, 1.165) is 23.0 Å². The van der Waals surface area contributed by atoms with Crippen molar-refractivity contribution in [3.63, 3.8) is 0 Å². The Morgan fingerprint density at radius 1 is 1.40 bits per heavy atom. The zero-order valence-electron chi connectivity index (χ0n) is 10.9. The van der Waals surface area contributed by atoms with Crippen LogP contribution in [-0.2, 0) is 16.0 Å². The summed E-state index contributed by atoms with van der Waals surface area (Å²) in [5.41, 5.74) is 1.96. The maximum absolute atomic E-state index is 11.7. The van der Waals surface area contributed by atoms with Crippen molar-refractivity contribution in [3.8, 4) is 0 Å². The van der Waals surface area contributed by atoms with Gasteiger partial charge in [0, 0.05) is 24.9 Å². The van der Waals surface area contributed by atoms with Gasteiger partial charge in [-0.2, -0.15) is 0 Å². The summed E-state index contributed by atoms with van der Waals surface area (Å²) in [6.45, 7) is 0.883. The zero-order valence-corrected chi connectivity index (χ0v) is 10.9. The van der Waals surface area contributed by atoms with Gasteiger partial charge >= 0.3 is 5.97 Å². The van der Waals surface area contributed by atoms with Crippen molar-refractivity contribution >= 4 is 22.8 Å². The van der Waals surface area contributed by atoms with E-state index < -0.39 is 11.9 Å². The van der Waals surface area contributed by atoms with E-state index in [2.05, 4.69) is 0 Å². The fourth-order valence-corrected chi connectivity index (χ4v) is 2.59. The molecule has 2 aromatic rings. The van der Waals surface area contributed by atoms with E-state index in [9.17, 15) is 9.59 Å². The number of hydrogen-bond acceptors (Lipinski definition) is 3. The van der Waals surface area contributed by atoms with Crippen molar-refractivity contribution in [2.75, 3.05) is 13.1 Å². The first-order chi connectivity index (χ1) is 9.63. The SMILES string of the molecule is O=C(O)C1CC(=O)N(CCc2ccc3occc3c2)C1. The number of furan rings is 1. The minimum atomic E-state index is -0.888. The number of fused-ring (bicyclic) bond motifs is 1. The first-order valence-corrected chi connectivity index (χ1v) is 6.60. The molecule has 2 heterocycles. The molecule has 0 bridgehead atoms. The maximum atomic E-state index is 11.7. The van der Waals surface area contributed by atoms with Gasteiger partial charge in [-0.1, -0.05) is 6.07 Å². The van der Waals surface area contributed by atoms with E-state index in [0.29, 0.717) is 13.1 Å². The van der Waals surface area contributed by atoms with E-state index in [1.165, 1.54) is 0 Å². The Kier molecular flexibility index (Phi) is 3.18. The minimum absolute atomic E-state index is 0.0678.